The van der Waals surface area contributed by atoms with Crippen LogP contribution >= 0.6 is 0 Å². The lowest BCUT2D eigenvalue weighted by molar-refractivity contribution is 0.650. The third-order valence-electron chi connectivity index (χ3n) is 1.38. The van der Waals surface area contributed by atoms with Crippen molar-refractivity contribution in [2.75, 3.05) is 0 Å². The van der Waals surface area contributed by atoms with E-state index in [9.17, 15) is 4.39 Å². The van der Waals surface area contributed by atoms with E-state index in [0.29, 0.717) is 0 Å². The third kappa shape index (κ3) is 5.04. The minimum absolute atomic E-state index is 0.112. The molecule has 14 heavy (non-hydrogen) atoms. The molecule has 0 fully saturated rings. The van der Waals surface area contributed by atoms with E-state index in [1.54, 1.807) is 19.1 Å². The fourth-order valence-electron chi connectivity index (χ4n) is 0.638. The Kier molecular flexibility index (Phi) is 5.95. The first kappa shape index (κ1) is 12.3. The molecule has 0 rings (SSSR count). The molecule has 0 N–H and O–H groups in total. The van der Waals surface area contributed by atoms with Crippen LogP contribution < -0.4 is 0 Å². The number of hydrogen-bond acceptors (Lipinski definition) is 1. The normalized spacial score (nSPS) is 12.3. The molecule has 0 aromatic carbocycles. The Morgan fingerprint density at radius 1 is 1.36 bits per heavy atom. The lowest BCUT2D eigenvalue weighted by atomic mass is 10.2. The number of halogens is 1. The van der Waals surface area contributed by atoms with Gasteiger partial charge in [-0.2, -0.15) is 0 Å². The van der Waals surface area contributed by atoms with Gasteiger partial charge in [0.05, 0.1) is 5.70 Å². The third-order valence-corrected chi connectivity index (χ3v) is 1.38. The quantitative estimate of drug-likeness (QED) is 0.463. The largest absolute Gasteiger partial charge is 0.259 e. The van der Waals surface area contributed by atoms with Crippen molar-refractivity contribution in [2.45, 2.75) is 6.92 Å². The Morgan fingerprint density at radius 3 is 2.50 bits per heavy atom. The van der Waals surface area contributed by atoms with Crippen LogP contribution in [-0.2, 0) is 0 Å². The van der Waals surface area contributed by atoms with Crippen molar-refractivity contribution in [3.8, 4) is 0 Å². The van der Waals surface area contributed by atoms with Gasteiger partial charge in [0.1, 0.15) is 5.83 Å². The average Bonchev–Trinajstić information content (AvgIpc) is 2.17. The monoisotopic (exact) mass is 191 g/mol. The lowest BCUT2D eigenvalue weighted by Crippen LogP contribution is -1.76. The molecule has 0 aliphatic heterocycles. The van der Waals surface area contributed by atoms with Gasteiger partial charge in [-0.15, -0.1) is 0 Å². The zero-order valence-corrected chi connectivity index (χ0v) is 8.33. The Morgan fingerprint density at radius 2 is 2.00 bits per heavy atom. The highest BCUT2D eigenvalue weighted by molar-refractivity contribution is 5.56. The predicted molar refractivity (Wildman–Crippen MR) is 61.0 cm³/mol. The average molecular weight is 191 g/mol. The first-order valence-electron chi connectivity index (χ1n) is 4.15. The molecule has 0 saturated heterocycles. The topological polar surface area (TPSA) is 12.4 Å². The van der Waals surface area contributed by atoms with E-state index in [0.717, 1.165) is 5.57 Å². The molecular weight excluding hydrogens is 177 g/mol. The minimum atomic E-state index is -0.462. The fraction of sp³-hybridized carbons (Fsp3) is 0.0833. The van der Waals surface area contributed by atoms with Crippen LogP contribution in [0.15, 0.2) is 66.1 Å². The summed E-state index contributed by atoms with van der Waals surface area (Å²) < 4.78 is 13.1. The molecular formula is C12H14FN. The van der Waals surface area contributed by atoms with Crippen LogP contribution in [0.5, 0.6) is 0 Å². The maximum atomic E-state index is 13.1. The van der Waals surface area contributed by atoms with Gasteiger partial charge in [0.15, 0.2) is 0 Å². The summed E-state index contributed by atoms with van der Waals surface area (Å²) in [7, 11) is 0. The van der Waals surface area contributed by atoms with E-state index in [4.69, 9.17) is 0 Å². The summed E-state index contributed by atoms with van der Waals surface area (Å²) in [4.78, 5) is 3.70. The van der Waals surface area contributed by atoms with Gasteiger partial charge in [0.25, 0.3) is 0 Å². The molecule has 0 aliphatic rings. The fourth-order valence-corrected chi connectivity index (χ4v) is 0.638. The highest BCUT2D eigenvalue weighted by atomic mass is 19.1. The van der Waals surface area contributed by atoms with Gasteiger partial charge in [0.2, 0.25) is 0 Å². The first-order chi connectivity index (χ1) is 6.61. The molecule has 0 saturated carbocycles. The summed E-state index contributed by atoms with van der Waals surface area (Å²) in [5.41, 5.74) is 0.833. The standard InChI is InChI=1S/C12H14FN/c1-5-10(3)8-7-9-12(13)11(4)14-6-2/h5-9H,1,3-4H2,2H3/b8-7-,12-9+,14-6?. The smallest absolute Gasteiger partial charge is 0.148 e. The number of allylic oxidation sites excluding steroid dienone is 6. The van der Waals surface area contributed by atoms with E-state index in [1.165, 1.54) is 18.4 Å². The molecule has 0 spiro atoms. The van der Waals surface area contributed by atoms with Gasteiger partial charge in [-0.25, -0.2) is 4.39 Å². The number of rotatable bonds is 5. The SMILES string of the molecule is C=CC(=C)/C=C\C=C(\F)C(=C)N=CC. The van der Waals surface area contributed by atoms with Crippen molar-refractivity contribution in [3.05, 3.63) is 61.1 Å². The summed E-state index contributed by atoms with van der Waals surface area (Å²) in [5.74, 6) is -0.462. The van der Waals surface area contributed by atoms with Crippen LogP contribution in [0.1, 0.15) is 6.92 Å². The minimum Gasteiger partial charge on any atom is -0.259 e. The molecule has 0 radical (unpaired) electrons. The second kappa shape index (κ2) is 6.78. The number of hydrogen-bond donors (Lipinski definition) is 0. The highest BCUT2D eigenvalue weighted by Crippen LogP contribution is 2.10. The van der Waals surface area contributed by atoms with E-state index in [2.05, 4.69) is 24.7 Å². The summed E-state index contributed by atoms with van der Waals surface area (Å²) in [6.07, 6.45) is 7.54. The molecule has 0 aliphatic carbocycles. The van der Waals surface area contributed by atoms with Crippen LogP contribution in [-0.4, -0.2) is 6.21 Å². The molecule has 0 aromatic rings. The number of nitrogens with zero attached hydrogens (tertiary/aromatic N) is 1. The molecule has 74 valence electrons. The summed E-state index contributed by atoms with van der Waals surface area (Å²) in [6, 6.07) is 0. The molecule has 0 heterocycles. The molecule has 0 aromatic heterocycles. The van der Waals surface area contributed by atoms with Crippen molar-refractivity contribution in [3.63, 3.8) is 0 Å². The second-order valence-corrected chi connectivity index (χ2v) is 2.49. The van der Waals surface area contributed by atoms with Crippen molar-refractivity contribution in [2.24, 2.45) is 4.99 Å². The molecule has 0 unspecified atom stereocenters. The Hall–Kier alpha value is -1.70. The Labute approximate surface area is 84.4 Å². The summed E-state index contributed by atoms with van der Waals surface area (Å²) in [5, 5.41) is 0. The number of aliphatic imine (C=N–C) groups is 1. The predicted octanol–water partition coefficient (Wildman–Crippen LogP) is 3.74. The highest BCUT2D eigenvalue weighted by Gasteiger charge is 1.94. The summed E-state index contributed by atoms with van der Waals surface area (Å²) >= 11 is 0. The maximum Gasteiger partial charge on any atom is 0.148 e. The van der Waals surface area contributed by atoms with Crippen LogP contribution in [0.4, 0.5) is 4.39 Å². The van der Waals surface area contributed by atoms with Gasteiger partial charge < -0.3 is 0 Å². The van der Waals surface area contributed by atoms with E-state index in [-0.39, 0.29) is 5.70 Å². The van der Waals surface area contributed by atoms with Gasteiger partial charge in [-0.3, -0.25) is 4.99 Å². The Bertz CT molecular complexity index is 319. The molecule has 0 amide bonds. The van der Waals surface area contributed by atoms with E-state index >= 15 is 0 Å². The summed E-state index contributed by atoms with van der Waals surface area (Å²) in [6.45, 7) is 12.3. The van der Waals surface area contributed by atoms with Gasteiger partial charge >= 0.3 is 0 Å². The Balaban J connectivity index is 4.39. The molecule has 0 bridgehead atoms. The van der Waals surface area contributed by atoms with Gasteiger partial charge in [0, 0.05) is 6.21 Å². The van der Waals surface area contributed by atoms with Crippen LogP contribution in [0.2, 0.25) is 0 Å². The second-order valence-electron chi connectivity index (χ2n) is 2.49. The van der Waals surface area contributed by atoms with Crippen LogP contribution in [0, 0.1) is 0 Å². The maximum absolute atomic E-state index is 13.1. The zero-order valence-electron chi connectivity index (χ0n) is 8.33. The molecule has 2 heteroatoms. The van der Waals surface area contributed by atoms with Crippen LogP contribution in [0.3, 0.4) is 0 Å². The van der Waals surface area contributed by atoms with Gasteiger partial charge in [-0.1, -0.05) is 38.0 Å². The van der Waals surface area contributed by atoms with Crippen LogP contribution in [0.25, 0.3) is 0 Å². The molecule has 1 nitrogen and oxygen atoms in total. The van der Waals surface area contributed by atoms with Crippen molar-refractivity contribution < 1.29 is 4.39 Å². The van der Waals surface area contributed by atoms with Crippen molar-refractivity contribution >= 4 is 6.21 Å². The first-order valence-corrected chi connectivity index (χ1v) is 4.15. The molecule has 0 atom stereocenters. The van der Waals surface area contributed by atoms with Crippen molar-refractivity contribution in [1.82, 2.24) is 0 Å². The lowest BCUT2D eigenvalue weighted by Gasteiger charge is -1.92. The van der Waals surface area contributed by atoms with Gasteiger partial charge in [-0.05, 0) is 18.6 Å². The van der Waals surface area contributed by atoms with Crippen molar-refractivity contribution in [1.29, 1.82) is 0 Å². The zero-order chi connectivity index (χ0) is 11.0. The van der Waals surface area contributed by atoms with E-state index in [1.807, 2.05) is 0 Å². The van der Waals surface area contributed by atoms with E-state index < -0.39 is 5.83 Å².